The van der Waals surface area contributed by atoms with Crippen LogP contribution in [0.1, 0.15) is 130 Å². The minimum Gasteiger partial charge on any atom is -0.469 e. The molecule has 56 heavy (non-hydrogen) atoms. The van der Waals surface area contributed by atoms with Crippen molar-refractivity contribution in [2.75, 3.05) is 27.9 Å². The van der Waals surface area contributed by atoms with Crippen LogP contribution in [0.3, 0.4) is 0 Å². The molecule has 4 atom stereocenters. The third kappa shape index (κ3) is 28.2. The van der Waals surface area contributed by atoms with Crippen LogP contribution >= 0.6 is 0 Å². The van der Waals surface area contributed by atoms with Gasteiger partial charge in [0.05, 0.1) is 33.2 Å². The van der Waals surface area contributed by atoms with Crippen LogP contribution in [0.15, 0.2) is 12.2 Å². The smallest absolute Gasteiger partial charge is 0.332 e. The van der Waals surface area contributed by atoms with Gasteiger partial charge in [-0.15, -0.1) is 0 Å². The van der Waals surface area contributed by atoms with E-state index in [0.29, 0.717) is 11.1 Å². The summed E-state index contributed by atoms with van der Waals surface area (Å²) in [6, 6.07) is -0.426. The number of amides is 1. The summed E-state index contributed by atoms with van der Waals surface area (Å²) in [6.45, 7) is 31.3. The number of ether oxygens (including phenoxy) is 3. The van der Waals surface area contributed by atoms with Crippen LogP contribution in [0, 0.1) is 54.0 Å². The SMILES string of the molecule is C=C(C)C(=O)OC.CC(C)[N+](=O)[O-].COC(=O)C(C)CC(C)(C)[N+](=O)[O-].COC(=O)[C@@H](C)CC(C)(C)[N+](=O)[O-].C[C@@H]1CNC(C)(C)C1.C[C@H]1CC(C)(C)NC1=O. The van der Waals surface area contributed by atoms with Crippen molar-refractivity contribution in [3.05, 3.63) is 42.5 Å². The topological polar surface area (TPSA) is 249 Å². The van der Waals surface area contributed by atoms with Crippen molar-refractivity contribution in [1.82, 2.24) is 10.6 Å². The highest BCUT2D eigenvalue weighted by Gasteiger charge is 2.36. The molecule has 0 radical (unpaired) electrons. The number of nitro groups is 3. The summed E-state index contributed by atoms with van der Waals surface area (Å²) in [4.78, 5) is 72.5. The number of hydrogen-bond donors (Lipinski definition) is 2. The standard InChI is InChI=1S/2C8H15NO4.C7H13NO.C7H15N.C5H8O2.C3H7NO2/c2*1-6(7(10)13-4)5-8(2,3)9(11)12;1-5-4-7(2,3)8-6(5)9;1-6-4-7(2,3)8-5-6;1-4(2)5(6)7-3;1-3(2)4(5)6/h2*6H,5H2,1-4H3;5H,4H2,1-3H3,(H,8,9);6,8H,4-5H2,1-3H3;1H2,2-3H3;3H,1-2H3/t6-;;5-;6-;;/m0.00../s1. The molecule has 0 aromatic carbocycles. The lowest BCUT2D eigenvalue weighted by atomic mass is 9.92. The second-order valence-corrected chi connectivity index (χ2v) is 17.1. The molecule has 0 saturated carbocycles. The summed E-state index contributed by atoms with van der Waals surface area (Å²) >= 11 is 0. The summed E-state index contributed by atoms with van der Waals surface area (Å²) in [6.07, 6.45) is 2.66. The molecule has 0 bridgehead atoms. The van der Waals surface area contributed by atoms with Gasteiger partial charge < -0.3 is 24.8 Å². The Morgan fingerprint density at radius 3 is 1.25 bits per heavy atom. The van der Waals surface area contributed by atoms with E-state index in [-0.39, 0.29) is 50.9 Å². The molecule has 2 aliphatic heterocycles. The third-order valence-electron chi connectivity index (χ3n) is 8.28. The number of nitrogens with one attached hydrogen (secondary N) is 2. The predicted octanol–water partition coefficient (Wildman–Crippen LogP) is 6.20. The monoisotopic (exact) mass is 808 g/mol. The molecule has 2 fully saturated rings. The summed E-state index contributed by atoms with van der Waals surface area (Å²) in [5.74, 6) is -0.759. The van der Waals surface area contributed by atoms with Gasteiger partial charge in [-0.25, -0.2) is 4.79 Å². The van der Waals surface area contributed by atoms with Gasteiger partial charge in [-0.05, 0) is 59.9 Å². The Balaban J connectivity index is -0.000000296. The maximum Gasteiger partial charge on any atom is 0.332 e. The van der Waals surface area contributed by atoms with Crippen LogP contribution in [0.5, 0.6) is 0 Å². The Morgan fingerprint density at radius 2 is 1.14 bits per heavy atom. The molecule has 18 nitrogen and oxygen atoms in total. The van der Waals surface area contributed by atoms with Gasteiger partial charge in [0.1, 0.15) is 0 Å². The van der Waals surface area contributed by atoms with E-state index in [1.54, 1.807) is 34.6 Å². The predicted molar refractivity (Wildman–Crippen MR) is 215 cm³/mol. The second-order valence-electron chi connectivity index (χ2n) is 17.1. The minimum absolute atomic E-state index is 0.0382. The van der Waals surface area contributed by atoms with Crippen LogP contribution in [0.4, 0.5) is 0 Å². The average Bonchev–Trinajstić information content (AvgIpc) is 3.51. The fraction of sp³-hybridized carbons (Fsp3) is 0.842. The Bertz CT molecular complexity index is 1250. The fourth-order valence-electron chi connectivity index (χ4n) is 5.22. The molecule has 2 rings (SSSR count). The zero-order valence-corrected chi connectivity index (χ0v) is 37.3. The van der Waals surface area contributed by atoms with Crippen molar-refractivity contribution >= 4 is 23.8 Å². The summed E-state index contributed by atoms with van der Waals surface area (Å²) in [5, 5.41) is 36.9. The molecule has 0 spiro atoms. The van der Waals surface area contributed by atoms with Crippen LogP contribution in [-0.4, -0.2) is 94.7 Å². The molecular weight excluding hydrogens is 734 g/mol. The lowest BCUT2D eigenvalue weighted by molar-refractivity contribution is -0.562. The fourth-order valence-corrected chi connectivity index (χ4v) is 5.22. The minimum atomic E-state index is -1.08. The van der Waals surface area contributed by atoms with Crippen LogP contribution in [0.25, 0.3) is 0 Å². The number of esters is 3. The number of rotatable bonds is 10. The first-order valence-electron chi connectivity index (χ1n) is 18.4. The van der Waals surface area contributed by atoms with E-state index in [1.165, 1.54) is 62.0 Å². The molecule has 2 saturated heterocycles. The van der Waals surface area contributed by atoms with Crippen molar-refractivity contribution in [3.63, 3.8) is 0 Å². The molecule has 2 heterocycles. The van der Waals surface area contributed by atoms with E-state index in [9.17, 15) is 49.5 Å². The van der Waals surface area contributed by atoms with Gasteiger partial charge in [0.15, 0.2) is 0 Å². The first-order chi connectivity index (χ1) is 25.1. The third-order valence-corrected chi connectivity index (χ3v) is 8.28. The van der Waals surface area contributed by atoms with E-state index in [4.69, 9.17) is 0 Å². The van der Waals surface area contributed by atoms with E-state index in [2.05, 4.69) is 66.0 Å². The first-order valence-corrected chi connectivity index (χ1v) is 18.4. The van der Waals surface area contributed by atoms with Gasteiger partial charge in [0.25, 0.3) is 0 Å². The Kier molecular flexibility index (Phi) is 27.8. The number of nitrogens with zero attached hydrogens (tertiary/aromatic N) is 3. The number of carbonyl (C=O) groups excluding carboxylic acids is 4. The molecular formula is C38H73N5O13. The molecule has 0 aromatic rings. The van der Waals surface area contributed by atoms with Crippen LogP contribution in [-0.2, 0) is 33.4 Å². The highest BCUT2D eigenvalue weighted by atomic mass is 16.6. The van der Waals surface area contributed by atoms with Gasteiger partial charge >= 0.3 is 17.9 Å². The summed E-state index contributed by atoms with van der Waals surface area (Å²) in [5.41, 5.74) is -1.26. The molecule has 1 unspecified atom stereocenters. The normalized spacial score (nSPS) is 18.5. The van der Waals surface area contributed by atoms with Crippen molar-refractivity contribution in [3.8, 4) is 0 Å². The first kappa shape index (κ1) is 58.5. The van der Waals surface area contributed by atoms with Gasteiger partial charge in [0.2, 0.25) is 23.0 Å². The molecule has 1 amide bonds. The Hall–Kier alpha value is -4.22. The highest BCUT2D eigenvalue weighted by Crippen LogP contribution is 2.24. The van der Waals surface area contributed by atoms with Crippen LogP contribution in [0.2, 0.25) is 0 Å². The largest absolute Gasteiger partial charge is 0.469 e. The summed E-state index contributed by atoms with van der Waals surface area (Å²) in [7, 11) is 3.88. The zero-order chi connectivity index (χ0) is 45.6. The molecule has 18 heteroatoms. The lowest BCUT2D eigenvalue weighted by Gasteiger charge is -2.18. The molecule has 328 valence electrons. The van der Waals surface area contributed by atoms with Gasteiger partial charge in [-0.1, -0.05) is 34.3 Å². The Morgan fingerprint density at radius 1 is 0.786 bits per heavy atom. The maximum atomic E-state index is 11.0. The van der Waals surface area contributed by atoms with Gasteiger partial charge in [-0.3, -0.25) is 44.7 Å². The van der Waals surface area contributed by atoms with E-state index in [0.717, 1.165) is 12.3 Å². The number of carbonyl (C=O) groups is 4. The van der Waals surface area contributed by atoms with E-state index in [1.807, 2.05) is 6.92 Å². The van der Waals surface area contributed by atoms with Crippen LogP contribution < -0.4 is 10.6 Å². The van der Waals surface area contributed by atoms with E-state index >= 15 is 0 Å². The van der Waals surface area contributed by atoms with E-state index < -0.39 is 40.9 Å². The Labute approximate surface area is 334 Å². The molecule has 0 aromatic heterocycles. The van der Waals surface area contributed by atoms with Crippen molar-refractivity contribution in [2.24, 2.45) is 23.7 Å². The van der Waals surface area contributed by atoms with Gasteiger partial charge in [0, 0.05) is 91.7 Å². The van der Waals surface area contributed by atoms with Crippen molar-refractivity contribution in [2.45, 2.75) is 158 Å². The number of hydrogen-bond acceptors (Lipinski definition) is 14. The van der Waals surface area contributed by atoms with Crippen molar-refractivity contribution in [1.29, 1.82) is 0 Å². The molecule has 0 aliphatic carbocycles. The second kappa shape index (κ2) is 26.6. The molecule has 2 N–H and O–H groups in total. The number of methoxy groups -OCH3 is 3. The average molecular weight is 808 g/mol. The highest BCUT2D eigenvalue weighted by molar-refractivity contribution is 5.86. The quantitative estimate of drug-likeness (QED) is 0.0820. The summed E-state index contributed by atoms with van der Waals surface area (Å²) < 4.78 is 13.2. The maximum absolute atomic E-state index is 11.0. The molecule has 2 aliphatic rings. The van der Waals surface area contributed by atoms with Crippen molar-refractivity contribution < 1.29 is 48.2 Å². The zero-order valence-electron chi connectivity index (χ0n) is 37.3. The lowest BCUT2D eigenvalue weighted by Crippen LogP contribution is -2.35. The van der Waals surface area contributed by atoms with Gasteiger partial charge in [-0.2, -0.15) is 0 Å².